The third-order valence-corrected chi connectivity index (χ3v) is 6.07. The molecule has 0 radical (unpaired) electrons. The Bertz CT molecular complexity index is 515. The van der Waals surface area contributed by atoms with Gasteiger partial charge in [0.15, 0.2) is 0 Å². The van der Waals surface area contributed by atoms with Crippen LogP contribution >= 0.6 is 23.7 Å². The lowest BCUT2D eigenvalue weighted by Crippen LogP contribution is -2.34. The van der Waals surface area contributed by atoms with Crippen LogP contribution < -0.4 is 11.1 Å². The van der Waals surface area contributed by atoms with Crippen molar-refractivity contribution in [2.75, 3.05) is 5.32 Å². The van der Waals surface area contributed by atoms with E-state index in [0.717, 1.165) is 30.7 Å². The molecule has 2 aliphatic carbocycles. The molecule has 21 heavy (non-hydrogen) atoms. The molecule has 1 aromatic heterocycles. The van der Waals surface area contributed by atoms with Gasteiger partial charge in [-0.25, -0.2) is 0 Å². The minimum absolute atomic E-state index is 0. The maximum atomic E-state index is 12.4. The van der Waals surface area contributed by atoms with Crippen molar-refractivity contribution in [3.05, 3.63) is 16.0 Å². The molecule has 0 aromatic carbocycles. The van der Waals surface area contributed by atoms with Gasteiger partial charge < -0.3 is 11.1 Å². The lowest BCUT2D eigenvalue weighted by Gasteiger charge is -2.25. The number of hydrogen-bond acceptors (Lipinski definition) is 3. The fourth-order valence-electron chi connectivity index (χ4n) is 3.52. The van der Waals surface area contributed by atoms with Gasteiger partial charge in [0, 0.05) is 16.8 Å². The SMILES string of the molecule is Cc1c(NC(=O)C2CCCC(N)C2)sc2c1CCCC2.Cl. The molecule has 1 fully saturated rings. The molecule has 1 heterocycles. The summed E-state index contributed by atoms with van der Waals surface area (Å²) in [5.74, 6) is 0.291. The van der Waals surface area contributed by atoms with Crippen molar-refractivity contribution < 1.29 is 4.79 Å². The first-order chi connectivity index (χ1) is 9.65. The first kappa shape index (κ1) is 16.8. The molecule has 0 aliphatic heterocycles. The van der Waals surface area contributed by atoms with E-state index < -0.39 is 0 Å². The summed E-state index contributed by atoms with van der Waals surface area (Å²) in [6.45, 7) is 2.16. The van der Waals surface area contributed by atoms with Crippen molar-refractivity contribution in [1.29, 1.82) is 0 Å². The molecule has 5 heteroatoms. The number of aryl methyl sites for hydroxylation is 1. The molecule has 2 atom stereocenters. The van der Waals surface area contributed by atoms with Gasteiger partial charge in [0.25, 0.3) is 0 Å². The van der Waals surface area contributed by atoms with E-state index in [2.05, 4.69) is 12.2 Å². The molecule has 1 saturated carbocycles. The lowest BCUT2D eigenvalue weighted by atomic mass is 9.85. The predicted molar refractivity (Wildman–Crippen MR) is 91.5 cm³/mol. The standard InChI is InChI=1S/C16H24N2OS.ClH/c1-10-13-7-2-3-8-14(13)20-16(10)18-15(19)11-5-4-6-12(17)9-11;/h11-12H,2-9,17H2,1H3,(H,18,19);1H. The summed E-state index contributed by atoms with van der Waals surface area (Å²) in [7, 11) is 0. The van der Waals surface area contributed by atoms with Gasteiger partial charge in [0.1, 0.15) is 0 Å². The van der Waals surface area contributed by atoms with Gasteiger partial charge in [-0.3, -0.25) is 4.79 Å². The number of amides is 1. The van der Waals surface area contributed by atoms with Crippen LogP contribution in [0, 0.1) is 12.8 Å². The van der Waals surface area contributed by atoms with Crippen LogP contribution in [0.1, 0.15) is 54.5 Å². The average Bonchev–Trinajstić information content (AvgIpc) is 2.76. The first-order valence-corrected chi connectivity index (χ1v) is 8.64. The Labute approximate surface area is 137 Å². The van der Waals surface area contributed by atoms with E-state index in [9.17, 15) is 4.79 Å². The number of thiophene rings is 1. The van der Waals surface area contributed by atoms with E-state index in [1.54, 1.807) is 11.3 Å². The molecule has 1 amide bonds. The fourth-order valence-corrected chi connectivity index (χ4v) is 4.82. The maximum absolute atomic E-state index is 12.4. The number of halogens is 1. The van der Waals surface area contributed by atoms with Crippen LogP contribution in [0.2, 0.25) is 0 Å². The summed E-state index contributed by atoms with van der Waals surface area (Å²) in [6, 6.07) is 0.206. The van der Waals surface area contributed by atoms with Gasteiger partial charge in [-0.1, -0.05) is 6.42 Å². The van der Waals surface area contributed by atoms with Gasteiger partial charge in [-0.05, 0) is 63.0 Å². The third kappa shape index (κ3) is 3.61. The number of fused-ring (bicyclic) bond motifs is 1. The van der Waals surface area contributed by atoms with Gasteiger partial charge in [-0.2, -0.15) is 0 Å². The minimum Gasteiger partial charge on any atom is -0.328 e. The number of nitrogens with two attached hydrogens (primary N) is 1. The van der Waals surface area contributed by atoms with E-state index in [4.69, 9.17) is 5.73 Å². The van der Waals surface area contributed by atoms with Crippen LogP contribution in [-0.4, -0.2) is 11.9 Å². The Morgan fingerprint density at radius 2 is 2.00 bits per heavy atom. The molecule has 3 N–H and O–H groups in total. The summed E-state index contributed by atoms with van der Waals surface area (Å²) in [4.78, 5) is 13.9. The highest BCUT2D eigenvalue weighted by Gasteiger charge is 2.27. The Kier molecular flexibility index (Phi) is 5.69. The second-order valence-corrected chi connectivity index (χ2v) is 7.38. The van der Waals surface area contributed by atoms with E-state index in [-0.39, 0.29) is 30.3 Å². The Morgan fingerprint density at radius 3 is 2.71 bits per heavy atom. The molecule has 3 nitrogen and oxygen atoms in total. The quantitative estimate of drug-likeness (QED) is 0.867. The zero-order chi connectivity index (χ0) is 14.1. The van der Waals surface area contributed by atoms with Crippen LogP contribution in [0.4, 0.5) is 5.00 Å². The molecule has 118 valence electrons. The van der Waals surface area contributed by atoms with E-state index >= 15 is 0 Å². The van der Waals surface area contributed by atoms with Crippen molar-refractivity contribution in [2.45, 2.75) is 64.3 Å². The monoisotopic (exact) mass is 328 g/mol. The summed E-state index contributed by atoms with van der Waals surface area (Å²) in [6.07, 6.45) is 8.93. The second-order valence-electron chi connectivity index (χ2n) is 6.28. The molecule has 3 rings (SSSR count). The lowest BCUT2D eigenvalue weighted by molar-refractivity contribution is -0.120. The number of nitrogens with one attached hydrogen (secondary N) is 1. The minimum atomic E-state index is 0. The van der Waals surface area contributed by atoms with Crippen molar-refractivity contribution in [3.63, 3.8) is 0 Å². The predicted octanol–water partition coefficient (Wildman–Crippen LogP) is 3.81. The normalized spacial score (nSPS) is 24.9. The molecular formula is C16H25ClN2OS. The van der Waals surface area contributed by atoms with Crippen molar-refractivity contribution >= 4 is 34.7 Å². The summed E-state index contributed by atoms with van der Waals surface area (Å²) in [5, 5.41) is 4.27. The summed E-state index contributed by atoms with van der Waals surface area (Å²) >= 11 is 1.79. The number of carbonyl (C=O) groups excluding carboxylic acids is 1. The van der Waals surface area contributed by atoms with Gasteiger partial charge in [0.2, 0.25) is 5.91 Å². The van der Waals surface area contributed by atoms with Crippen LogP contribution in [-0.2, 0) is 17.6 Å². The molecule has 0 saturated heterocycles. The molecule has 0 spiro atoms. The smallest absolute Gasteiger partial charge is 0.228 e. The molecule has 1 aromatic rings. The van der Waals surface area contributed by atoms with Gasteiger partial charge >= 0.3 is 0 Å². The number of hydrogen-bond donors (Lipinski definition) is 2. The van der Waals surface area contributed by atoms with Crippen LogP contribution in [0.25, 0.3) is 0 Å². The molecule has 2 unspecified atom stereocenters. The molecule has 2 aliphatic rings. The summed E-state index contributed by atoms with van der Waals surface area (Å²) in [5.41, 5.74) is 8.79. The van der Waals surface area contributed by atoms with Crippen molar-refractivity contribution in [3.8, 4) is 0 Å². The van der Waals surface area contributed by atoms with Crippen LogP contribution in [0.5, 0.6) is 0 Å². The zero-order valence-electron chi connectivity index (χ0n) is 12.6. The zero-order valence-corrected chi connectivity index (χ0v) is 14.2. The Morgan fingerprint density at radius 1 is 1.24 bits per heavy atom. The molecular weight excluding hydrogens is 304 g/mol. The highest BCUT2D eigenvalue weighted by Crippen LogP contribution is 2.38. The van der Waals surface area contributed by atoms with E-state index in [0.29, 0.717) is 0 Å². The van der Waals surface area contributed by atoms with Crippen molar-refractivity contribution in [2.24, 2.45) is 11.7 Å². The number of carbonyl (C=O) groups is 1. The Hall–Kier alpha value is -0.580. The topological polar surface area (TPSA) is 55.1 Å². The van der Waals surface area contributed by atoms with E-state index in [1.807, 2.05) is 0 Å². The Balaban J connectivity index is 0.00000161. The number of rotatable bonds is 2. The first-order valence-electron chi connectivity index (χ1n) is 7.82. The van der Waals surface area contributed by atoms with Crippen LogP contribution in [0.15, 0.2) is 0 Å². The largest absolute Gasteiger partial charge is 0.328 e. The van der Waals surface area contributed by atoms with E-state index in [1.165, 1.54) is 41.7 Å². The average molecular weight is 329 g/mol. The number of anilines is 1. The van der Waals surface area contributed by atoms with Crippen molar-refractivity contribution in [1.82, 2.24) is 0 Å². The third-order valence-electron chi connectivity index (χ3n) is 4.76. The highest BCUT2D eigenvalue weighted by molar-refractivity contribution is 7.16. The van der Waals surface area contributed by atoms with Gasteiger partial charge in [0.05, 0.1) is 5.00 Å². The van der Waals surface area contributed by atoms with Crippen LogP contribution in [0.3, 0.4) is 0 Å². The highest BCUT2D eigenvalue weighted by atomic mass is 35.5. The summed E-state index contributed by atoms with van der Waals surface area (Å²) < 4.78 is 0. The fraction of sp³-hybridized carbons (Fsp3) is 0.688. The van der Waals surface area contributed by atoms with Gasteiger partial charge in [-0.15, -0.1) is 23.7 Å². The second kappa shape index (κ2) is 7.12. The maximum Gasteiger partial charge on any atom is 0.228 e. The molecule has 0 bridgehead atoms.